The highest BCUT2D eigenvalue weighted by molar-refractivity contribution is 5.85. The van der Waals surface area contributed by atoms with Gasteiger partial charge in [0.2, 0.25) is 5.65 Å². The summed E-state index contributed by atoms with van der Waals surface area (Å²) in [6.45, 7) is 0. The fourth-order valence-corrected chi connectivity index (χ4v) is 5.48. The summed E-state index contributed by atoms with van der Waals surface area (Å²) >= 11 is 0. The van der Waals surface area contributed by atoms with E-state index in [4.69, 9.17) is 0 Å². The summed E-state index contributed by atoms with van der Waals surface area (Å²) in [7, 11) is 1.94. The summed E-state index contributed by atoms with van der Waals surface area (Å²) in [5.41, 5.74) is 9.16. The van der Waals surface area contributed by atoms with Gasteiger partial charge in [0.1, 0.15) is 11.8 Å². The lowest BCUT2D eigenvalue weighted by Gasteiger charge is -2.32. The van der Waals surface area contributed by atoms with Crippen LogP contribution in [0.4, 0.5) is 0 Å². The molecule has 1 aliphatic rings. The Morgan fingerprint density at radius 1 is 0.824 bits per heavy atom. The smallest absolute Gasteiger partial charge is 0.205 e. The third-order valence-corrected chi connectivity index (χ3v) is 6.83. The Morgan fingerprint density at radius 3 is 2.29 bits per heavy atom. The molecule has 3 heterocycles. The lowest BCUT2D eigenvalue weighted by atomic mass is 9.70. The van der Waals surface area contributed by atoms with E-state index in [2.05, 4.69) is 105 Å². The first-order valence-corrected chi connectivity index (χ1v) is 11.2. The zero-order chi connectivity index (χ0) is 22.7. The quantitative estimate of drug-likeness (QED) is 0.332. The minimum atomic E-state index is -0.517. The Hall–Kier alpha value is -4.58. The summed E-state index contributed by atoms with van der Waals surface area (Å²) in [6, 6.07) is 28.0. The Morgan fingerprint density at radius 2 is 1.56 bits per heavy atom. The van der Waals surface area contributed by atoms with Gasteiger partial charge in [-0.1, -0.05) is 72.8 Å². The summed E-state index contributed by atoms with van der Waals surface area (Å²) in [6.07, 6.45) is 8.61. The van der Waals surface area contributed by atoms with Gasteiger partial charge in [-0.25, -0.2) is 0 Å². The molecule has 6 aromatic rings. The maximum absolute atomic E-state index is 4.58. The second-order valence-electron chi connectivity index (χ2n) is 8.56. The van der Waals surface area contributed by atoms with Gasteiger partial charge in [-0.15, -0.1) is 0 Å². The fourth-order valence-electron chi connectivity index (χ4n) is 5.48. The molecule has 1 aliphatic carbocycles. The van der Waals surface area contributed by atoms with Gasteiger partial charge in [-0.05, 0) is 33.9 Å². The molecule has 0 aliphatic heterocycles. The van der Waals surface area contributed by atoms with Crippen LogP contribution in [0.2, 0.25) is 0 Å². The first kappa shape index (κ1) is 18.9. The second kappa shape index (κ2) is 6.96. The molecule has 0 spiro atoms. The molecule has 0 saturated heterocycles. The van der Waals surface area contributed by atoms with Crippen LogP contribution in [-0.2, 0) is 12.5 Å². The van der Waals surface area contributed by atoms with E-state index in [1.54, 1.807) is 12.4 Å². The molecule has 0 unspecified atom stereocenters. The molecule has 6 nitrogen and oxygen atoms in total. The number of imidazole rings is 1. The Labute approximate surface area is 196 Å². The van der Waals surface area contributed by atoms with Crippen molar-refractivity contribution in [2.75, 3.05) is 0 Å². The average molecular weight is 441 g/mol. The molecule has 0 amide bonds. The lowest BCUT2D eigenvalue weighted by molar-refractivity contribution is -0.651. The van der Waals surface area contributed by atoms with Crippen molar-refractivity contribution >= 4 is 11.3 Å². The number of H-pyrrole nitrogens is 1. The molecule has 7 rings (SSSR count). The zero-order valence-electron chi connectivity index (χ0n) is 18.5. The van der Waals surface area contributed by atoms with Crippen LogP contribution in [0.15, 0.2) is 97.5 Å². The third kappa shape index (κ3) is 2.39. The molecule has 0 saturated carbocycles. The molecule has 0 radical (unpaired) electrons. The van der Waals surface area contributed by atoms with E-state index in [0.717, 1.165) is 28.2 Å². The minimum Gasteiger partial charge on any atom is -0.336 e. The Kier molecular flexibility index (Phi) is 3.88. The van der Waals surface area contributed by atoms with Gasteiger partial charge in [0.25, 0.3) is 0 Å². The van der Waals surface area contributed by atoms with Crippen LogP contribution in [0.5, 0.6) is 0 Å². The molecule has 0 fully saturated rings. The molecular weight excluding hydrogens is 420 g/mol. The third-order valence-electron chi connectivity index (χ3n) is 6.83. The van der Waals surface area contributed by atoms with Gasteiger partial charge >= 0.3 is 0 Å². The van der Waals surface area contributed by atoms with E-state index in [9.17, 15) is 0 Å². The topological polar surface area (TPSA) is 63.3 Å². The molecule has 6 heteroatoms. The number of aromatic amines is 1. The van der Waals surface area contributed by atoms with Crippen molar-refractivity contribution in [3.63, 3.8) is 0 Å². The highest BCUT2D eigenvalue weighted by Gasteiger charge is 2.46. The number of nitrogens with one attached hydrogen (secondary N) is 1. The van der Waals surface area contributed by atoms with Crippen molar-refractivity contribution in [1.29, 1.82) is 0 Å². The lowest BCUT2D eigenvalue weighted by Crippen LogP contribution is -2.29. The van der Waals surface area contributed by atoms with E-state index >= 15 is 0 Å². The van der Waals surface area contributed by atoms with Crippen molar-refractivity contribution in [1.82, 2.24) is 24.7 Å². The van der Waals surface area contributed by atoms with Gasteiger partial charge in [0, 0.05) is 18.9 Å². The van der Waals surface area contributed by atoms with Crippen LogP contribution in [0.25, 0.3) is 28.1 Å². The molecule has 3 aromatic carbocycles. The number of rotatable bonds is 3. The van der Waals surface area contributed by atoms with Gasteiger partial charge in [-0.3, -0.25) is 10.1 Å². The van der Waals surface area contributed by atoms with E-state index < -0.39 is 5.41 Å². The van der Waals surface area contributed by atoms with E-state index in [1.165, 1.54) is 22.3 Å². The first-order valence-electron chi connectivity index (χ1n) is 11.2. The van der Waals surface area contributed by atoms with Crippen molar-refractivity contribution in [3.8, 4) is 16.8 Å². The van der Waals surface area contributed by atoms with Gasteiger partial charge in [0.15, 0.2) is 6.33 Å². The van der Waals surface area contributed by atoms with Crippen LogP contribution in [0.1, 0.15) is 22.4 Å². The molecule has 34 heavy (non-hydrogen) atoms. The number of nitrogens with zero attached hydrogens (tertiary/aromatic N) is 5. The number of aryl methyl sites for hydroxylation is 1. The standard InChI is InChI=1S/C28H20N6/c1-33-18-34(27-26(33)29-15-16-30-27)20-8-6-7-19(17-20)28(25-13-14-31-32-25)23-11-4-2-9-21(23)22-10-3-5-12-24(22)28/h2-17H,1H3,(H,31,32). The van der Waals surface area contributed by atoms with Crippen LogP contribution >= 0.6 is 0 Å². The van der Waals surface area contributed by atoms with Crippen LogP contribution < -0.4 is 4.57 Å². The number of benzene rings is 3. The average Bonchev–Trinajstić information content (AvgIpc) is 3.61. The predicted octanol–water partition coefficient (Wildman–Crippen LogP) is 4.13. The normalized spacial score (nSPS) is 13.7. The highest BCUT2D eigenvalue weighted by atomic mass is 15.2. The van der Waals surface area contributed by atoms with Crippen molar-refractivity contribution in [2.45, 2.75) is 5.41 Å². The summed E-state index contributed by atoms with van der Waals surface area (Å²) in [4.78, 5) is 9.05. The SMILES string of the molecule is C[n+]1[c-]n(-c2cccc(C3(c4ccn[nH]4)c4ccccc4-c4ccccc43)c2)c2nccnc21. The number of aromatic nitrogens is 6. The highest BCUT2D eigenvalue weighted by Crippen LogP contribution is 2.55. The summed E-state index contributed by atoms with van der Waals surface area (Å²) in [5.74, 6) is 0. The first-order chi connectivity index (χ1) is 16.8. The van der Waals surface area contributed by atoms with Crippen LogP contribution in [-0.4, -0.2) is 24.7 Å². The van der Waals surface area contributed by atoms with Gasteiger partial charge in [-0.2, -0.15) is 10.1 Å². The molecule has 0 bridgehead atoms. The largest absolute Gasteiger partial charge is 0.336 e. The van der Waals surface area contributed by atoms with Gasteiger partial charge in [0.05, 0.1) is 17.3 Å². The minimum absolute atomic E-state index is 0.517. The Bertz CT molecular complexity index is 1630. The van der Waals surface area contributed by atoms with E-state index in [-0.39, 0.29) is 0 Å². The second-order valence-corrected chi connectivity index (χ2v) is 8.56. The monoisotopic (exact) mass is 440 g/mol. The van der Waals surface area contributed by atoms with Gasteiger partial charge < -0.3 is 9.13 Å². The summed E-state index contributed by atoms with van der Waals surface area (Å²) < 4.78 is 3.85. The Balaban J connectivity index is 1.56. The fraction of sp³-hybridized carbons (Fsp3) is 0.0714. The van der Waals surface area contributed by atoms with Crippen molar-refractivity contribution in [2.24, 2.45) is 7.05 Å². The molecule has 1 N–H and O–H groups in total. The maximum Gasteiger partial charge on any atom is 0.205 e. The maximum atomic E-state index is 4.58. The van der Waals surface area contributed by atoms with E-state index in [1.807, 2.05) is 22.4 Å². The number of hydrogen-bond acceptors (Lipinski definition) is 3. The van der Waals surface area contributed by atoms with Crippen molar-refractivity contribution in [3.05, 3.63) is 126 Å². The zero-order valence-corrected chi connectivity index (χ0v) is 18.5. The predicted molar refractivity (Wildman–Crippen MR) is 128 cm³/mol. The van der Waals surface area contributed by atoms with Crippen LogP contribution in [0.3, 0.4) is 0 Å². The number of fused-ring (bicyclic) bond motifs is 4. The van der Waals surface area contributed by atoms with E-state index in [0.29, 0.717) is 0 Å². The van der Waals surface area contributed by atoms with Crippen molar-refractivity contribution < 1.29 is 4.57 Å². The van der Waals surface area contributed by atoms with Crippen LogP contribution in [0, 0.1) is 6.33 Å². The summed E-state index contributed by atoms with van der Waals surface area (Å²) in [5, 5.41) is 7.65. The number of hydrogen-bond donors (Lipinski definition) is 1. The molecular formula is C28H20N6. The molecule has 3 aromatic heterocycles. The molecule has 0 atom stereocenters. The molecule has 162 valence electrons.